The van der Waals surface area contributed by atoms with Crippen LogP contribution in [-0.2, 0) is 58.5 Å². The van der Waals surface area contributed by atoms with Crippen molar-refractivity contribution in [3.8, 4) is 11.1 Å². The van der Waals surface area contributed by atoms with Gasteiger partial charge in [0.05, 0.1) is 0 Å². The van der Waals surface area contributed by atoms with Crippen LogP contribution in [0.15, 0.2) is 91.0 Å². The van der Waals surface area contributed by atoms with Crippen molar-refractivity contribution in [1.82, 2.24) is 0 Å². The summed E-state index contributed by atoms with van der Waals surface area (Å²) in [5.41, 5.74) is 12.9. The molecule has 0 unspecified atom stereocenters. The van der Waals surface area contributed by atoms with Gasteiger partial charge in [0.25, 0.3) is 0 Å². The summed E-state index contributed by atoms with van der Waals surface area (Å²) in [5.74, 6) is 0. The number of allylic oxidation sites excluding steroid dienone is 4. The van der Waals surface area contributed by atoms with Crippen molar-refractivity contribution in [2.75, 3.05) is 0 Å². The van der Waals surface area contributed by atoms with Crippen LogP contribution in [0.3, 0.4) is 0 Å². The zero-order valence-electron chi connectivity index (χ0n) is 33.2. The van der Waals surface area contributed by atoms with Crippen molar-refractivity contribution in [1.29, 1.82) is 0 Å². The molecule has 4 aromatic rings. The smallest absolute Gasteiger partial charge is 0.109 e. The maximum Gasteiger partial charge on any atom is -0.109 e. The van der Waals surface area contributed by atoms with Crippen molar-refractivity contribution in [3.05, 3.63) is 153 Å². The molecule has 0 amide bonds. The molecule has 0 saturated carbocycles. The molecule has 0 spiro atoms. The van der Waals surface area contributed by atoms with Crippen molar-refractivity contribution in [3.63, 3.8) is 0 Å². The normalized spacial score (nSPS) is 13.9. The molecule has 4 heteroatoms. The van der Waals surface area contributed by atoms with Gasteiger partial charge in [-0.15, -0.1) is 23.1 Å². The number of hydrogen-bond donors (Lipinski definition) is 0. The van der Waals surface area contributed by atoms with Gasteiger partial charge in [-0.1, -0.05) is 106 Å². The molecule has 0 saturated heterocycles. The van der Waals surface area contributed by atoms with Gasteiger partial charge in [-0.3, -0.25) is 6.08 Å². The van der Waals surface area contributed by atoms with Crippen molar-refractivity contribution < 1.29 is 37.4 Å². The summed E-state index contributed by atoms with van der Waals surface area (Å²) in [4.78, 5) is 0. The predicted molar refractivity (Wildman–Crippen MR) is 211 cm³/mol. The van der Waals surface area contributed by atoms with E-state index in [2.05, 4.69) is 120 Å². The molecular formula is C48H55F3Zr. The van der Waals surface area contributed by atoms with E-state index in [1.54, 1.807) is 6.07 Å². The van der Waals surface area contributed by atoms with E-state index in [-0.39, 0.29) is 21.7 Å². The molecule has 0 heterocycles. The van der Waals surface area contributed by atoms with Gasteiger partial charge in [-0.2, -0.15) is 23.8 Å². The number of rotatable bonds is 2. The van der Waals surface area contributed by atoms with Crippen molar-refractivity contribution in [2.45, 2.75) is 124 Å². The Kier molecular flexibility index (Phi) is 12.6. The van der Waals surface area contributed by atoms with Gasteiger partial charge in [0.1, 0.15) is 0 Å². The first kappa shape index (κ1) is 41.7. The summed E-state index contributed by atoms with van der Waals surface area (Å²) in [5, 5.41) is 0. The number of halogens is 3. The van der Waals surface area contributed by atoms with E-state index in [0.717, 1.165) is 51.9 Å². The van der Waals surface area contributed by atoms with Crippen LogP contribution in [0.5, 0.6) is 0 Å². The quantitative estimate of drug-likeness (QED) is 0.157. The molecule has 0 radical (unpaired) electrons. The van der Waals surface area contributed by atoms with Crippen LogP contribution >= 0.6 is 0 Å². The van der Waals surface area contributed by atoms with E-state index in [4.69, 9.17) is 0 Å². The largest absolute Gasteiger partial charge is 0.273 e. The number of hydrogen-bond acceptors (Lipinski definition) is 0. The molecule has 0 fully saturated rings. The van der Waals surface area contributed by atoms with Gasteiger partial charge >= 0.3 is 118 Å². The topological polar surface area (TPSA) is 0 Å². The van der Waals surface area contributed by atoms with E-state index < -0.39 is 11.7 Å². The molecule has 0 aromatic heterocycles. The molecule has 2 aliphatic carbocycles. The Morgan fingerprint density at radius 1 is 0.615 bits per heavy atom. The Morgan fingerprint density at radius 2 is 1.17 bits per heavy atom. The monoisotopic (exact) mass is 778 g/mol. The number of fused-ring (bicyclic) bond motifs is 3. The Labute approximate surface area is 327 Å². The molecule has 0 bridgehead atoms. The van der Waals surface area contributed by atoms with Crippen LogP contribution in [0.4, 0.5) is 13.2 Å². The first-order chi connectivity index (χ1) is 23.9. The second kappa shape index (κ2) is 15.7. The summed E-state index contributed by atoms with van der Waals surface area (Å²) >= 11 is 1.09. The maximum absolute atomic E-state index is 12.6. The van der Waals surface area contributed by atoms with E-state index in [1.165, 1.54) is 56.6 Å². The fraction of sp³-hybridized carbons (Fsp3) is 0.396. The van der Waals surface area contributed by atoms with Crippen LogP contribution in [0.25, 0.3) is 11.1 Å². The summed E-state index contributed by atoms with van der Waals surface area (Å²) in [6, 6.07) is 26.3. The Morgan fingerprint density at radius 3 is 1.65 bits per heavy atom. The van der Waals surface area contributed by atoms with Crippen LogP contribution in [0, 0.1) is 12.1 Å². The molecular weight excluding hydrogens is 725 g/mol. The zero-order valence-corrected chi connectivity index (χ0v) is 35.7. The van der Waals surface area contributed by atoms with Crippen molar-refractivity contribution in [2.24, 2.45) is 0 Å². The van der Waals surface area contributed by atoms with Gasteiger partial charge in [0.15, 0.2) is 0 Å². The fourth-order valence-electron chi connectivity index (χ4n) is 6.59. The van der Waals surface area contributed by atoms with Crippen LogP contribution in [-0.4, -0.2) is 3.21 Å². The second-order valence-electron chi connectivity index (χ2n) is 18.0. The van der Waals surface area contributed by atoms with Crippen molar-refractivity contribution >= 4 is 3.21 Å². The predicted octanol–water partition coefficient (Wildman–Crippen LogP) is 13.4. The van der Waals surface area contributed by atoms with Gasteiger partial charge in [0.2, 0.25) is 0 Å². The summed E-state index contributed by atoms with van der Waals surface area (Å²) < 4.78 is 38.8. The minimum atomic E-state index is -4.29. The molecule has 0 atom stereocenters. The van der Waals surface area contributed by atoms with Crippen LogP contribution in [0.1, 0.15) is 140 Å². The minimum Gasteiger partial charge on any atom is -0.273 e. The molecule has 272 valence electrons. The third-order valence-corrected chi connectivity index (χ3v) is 10.8. The van der Waals surface area contributed by atoms with Gasteiger partial charge in [-0.25, -0.2) is 12.2 Å². The first-order valence-electron chi connectivity index (χ1n) is 18.2. The third-order valence-electron chi connectivity index (χ3n) is 9.36. The standard InChI is InChI=1S/C29H41.C14H9F3.C5H5.Zr/c1-26(2,3)22-14-18-13-19-15-23(27(4,5)6)25(29(10,11)12)17-21(19)20(18)16-24(22)28(7,8)9;15-14(16,17)13-8-4-7-12(10-13)9-11-5-2-1-3-6-11;1-2-4-5-3-1;/h14,16-17H,13H2,1-12H3;1-8,10H;1-3H,4H2;/q-1;;-1;+2. The minimum absolute atomic E-state index is 0.0968. The van der Waals surface area contributed by atoms with Gasteiger partial charge in [0, 0.05) is 0 Å². The third kappa shape index (κ3) is 10.3. The summed E-state index contributed by atoms with van der Waals surface area (Å²) in [7, 11) is 0. The number of alkyl halides is 3. The van der Waals surface area contributed by atoms with E-state index in [1.807, 2.05) is 42.5 Å². The summed E-state index contributed by atoms with van der Waals surface area (Å²) in [6.07, 6.45) is 6.72. The fourth-order valence-corrected chi connectivity index (χ4v) is 7.38. The Balaban J connectivity index is 0.000000221. The molecule has 2 aliphatic rings. The molecule has 0 nitrogen and oxygen atoms in total. The molecule has 0 N–H and O–H groups in total. The SMILES string of the molecule is CC(C)(C)c1[c-]c2c(cc1C(C)(C)C)-c1cc(C(C)(C)C)c(C(C)(C)C)cc1C2.FC(F)(F)c1cccc([C](=[Zr+2])c2ccccc2)c1.[C-]1=CC=CC1. The summed E-state index contributed by atoms with van der Waals surface area (Å²) in [6.45, 7) is 28.0. The number of benzene rings is 4. The zero-order chi connectivity index (χ0) is 38.9. The van der Waals surface area contributed by atoms with E-state index in [0.29, 0.717) is 5.56 Å². The molecule has 52 heavy (non-hydrogen) atoms. The van der Waals surface area contributed by atoms with Crippen LogP contribution in [0.2, 0.25) is 0 Å². The Hall–Kier alpha value is -3.10. The molecule has 4 aromatic carbocycles. The van der Waals surface area contributed by atoms with Gasteiger partial charge in [-0.05, 0) is 39.4 Å². The maximum atomic E-state index is 12.6. The van der Waals surface area contributed by atoms with E-state index in [9.17, 15) is 13.2 Å². The molecule has 6 rings (SSSR count). The first-order valence-corrected chi connectivity index (χ1v) is 19.4. The Bertz CT molecular complexity index is 1860. The average molecular weight is 780 g/mol. The van der Waals surface area contributed by atoms with Gasteiger partial charge < -0.3 is 0 Å². The second-order valence-corrected chi connectivity index (χ2v) is 19.2. The van der Waals surface area contributed by atoms with E-state index >= 15 is 0 Å². The molecule has 0 aliphatic heterocycles. The average Bonchev–Trinajstić information content (AvgIpc) is 3.74. The van der Waals surface area contributed by atoms with Crippen LogP contribution < -0.4 is 0 Å².